The van der Waals surface area contributed by atoms with E-state index in [0.717, 1.165) is 29.0 Å². The highest BCUT2D eigenvalue weighted by molar-refractivity contribution is 6.31. The zero-order chi connectivity index (χ0) is 12.1. The van der Waals surface area contributed by atoms with Crippen molar-refractivity contribution in [3.8, 4) is 0 Å². The first-order chi connectivity index (χ1) is 7.58. The molecule has 0 aromatic heterocycles. The molecule has 0 aliphatic rings. The fourth-order valence-corrected chi connectivity index (χ4v) is 1.72. The van der Waals surface area contributed by atoms with Crippen LogP contribution < -0.4 is 11.3 Å². The van der Waals surface area contributed by atoms with Gasteiger partial charge in [-0.25, -0.2) is 0 Å². The number of rotatable bonds is 5. The lowest BCUT2D eigenvalue weighted by molar-refractivity contribution is 0.545. The van der Waals surface area contributed by atoms with Crippen molar-refractivity contribution in [3.63, 3.8) is 0 Å². The van der Waals surface area contributed by atoms with E-state index in [2.05, 4.69) is 25.0 Å². The summed E-state index contributed by atoms with van der Waals surface area (Å²) in [5.74, 6) is 5.56. The summed E-state index contributed by atoms with van der Waals surface area (Å²) in [7, 11) is 0. The fraction of sp³-hybridized carbons (Fsp3) is 0.385. The van der Waals surface area contributed by atoms with Gasteiger partial charge in [-0.3, -0.25) is 11.3 Å². The van der Waals surface area contributed by atoms with E-state index in [9.17, 15) is 0 Å². The highest BCUT2D eigenvalue weighted by Gasteiger charge is 2.11. The zero-order valence-corrected chi connectivity index (χ0v) is 10.6. The predicted molar refractivity (Wildman–Crippen MR) is 70.3 cm³/mol. The Kier molecular flexibility index (Phi) is 5.00. The van der Waals surface area contributed by atoms with Gasteiger partial charge in [-0.2, -0.15) is 0 Å². The molecule has 3 N–H and O–H groups in total. The maximum Gasteiger partial charge on any atom is 0.0497 e. The number of hydrogen-bond donors (Lipinski definition) is 2. The molecule has 0 saturated heterocycles. The number of hydrazine groups is 1. The van der Waals surface area contributed by atoms with Crippen molar-refractivity contribution >= 4 is 11.6 Å². The van der Waals surface area contributed by atoms with E-state index in [0.29, 0.717) is 0 Å². The van der Waals surface area contributed by atoms with Crippen molar-refractivity contribution in [1.29, 1.82) is 0 Å². The average Bonchev–Trinajstić information content (AvgIpc) is 2.29. The number of halogens is 1. The average molecular weight is 239 g/mol. The lowest BCUT2D eigenvalue weighted by Crippen LogP contribution is -2.28. The molecule has 1 atom stereocenters. The van der Waals surface area contributed by atoms with Crippen LogP contribution in [0.2, 0.25) is 5.02 Å². The fourth-order valence-electron chi connectivity index (χ4n) is 1.53. The van der Waals surface area contributed by atoms with E-state index in [1.807, 2.05) is 19.1 Å². The third kappa shape index (κ3) is 3.34. The second-order valence-corrected chi connectivity index (χ2v) is 4.44. The summed E-state index contributed by atoms with van der Waals surface area (Å²) < 4.78 is 0. The second kappa shape index (κ2) is 6.04. The van der Waals surface area contributed by atoms with Crippen LogP contribution in [0.4, 0.5) is 0 Å². The van der Waals surface area contributed by atoms with Gasteiger partial charge in [-0.05, 0) is 37.0 Å². The quantitative estimate of drug-likeness (QED) is 0.468. The van der Waals surface area contributed by atoms with Crippen LogP contribution in [0.25, 0.3) is 0 Å². The van der Waals surface area contributed by atoms with E-state index < -0.39 is 0 Å². The predicted octanol–water partition coefficient (Wildman–Crippen LogP) is 3.51. The van der Waals surface area contributed by atoms with E-state index in [-0.39, 0.29) is 6.04 Å². The molecular weight excluding hydrogens is 220 g/mol. The normalized spacial score (nSPS) is 12.5. The minimum atomic E-state index is 0.0885. The van der Waals surface area contributed by atoms with E-state index in [1.165, 1.54) is 5.57 Å². The molecule has 1 aromatic rings. The van der Waals surface area contributed by atoms with Gasteiger partial charge in [-0.15, -0.1) is 0 Å². The van der Waals surface area contributed by atoms with Crippen molar-refractivity contribution < 1.29 is 0 Å². The highest BCUT2D eigenvalue weighted by Crippen LogP contribution is 2.25. The summed E-state index contributed by atoms with van der Waals surface area (Å²) in [4.78, 5) is 0. The molecule has 0 bridgehead atoms. The van der Waals surface area contributed by atoms with E-state index in [1.54, 1.807) is 0 Å². The third-order valence-electron chi connectivity index (χ3n) is 2.79. The lowest BCUT2D eigenvalue weighted by Gasteiger charge is -2.18. The first-order valence-electron chi connectivity index (χ1n) is 5.47. The minimum absolute atomic E-state index is 0.0885. The monoisotopic (exact) mass is 238 g/mol. The number of hydrogen-bond acceptors (Lipinski definition) is 2. The van der Waals surface area contributed by atoms with Crippen LogP contribution in [0.5, 0.6) is 0 Å². The van der Waals surface area contributed by atoms with Gasteiger partial charge in [0.2, 0.25) is 0 Å². The Morgan fingerprint density at radius 2 is 2.25 bits per heavy atom. The SMILES string of the molecule is C=C(CC)CC(NN)c1ccc(C)c(Cl)c1. The first kappa shape index (κ1) is 13.2. The molecule has 1 unspecified atom stereocenters. The third-order valence-corrected chi connectivity index (χ3v) is 3.20. The van der Waals surface area contributed by atoms with Crippen molar-refractivity contribution in [1.82, 2.24) is 5.43 Å². The number of benzene rings is 1. The maximum absolute atomic E-state index is 6.09. The molecule has 0 spiro atoms. The lowest BCUT2D eigenvalue weighted by atomic mass is 9.98. The Balaban J connectivity index is 2.86. The second-order valence-electron chi connectivity index (χ2n) is 4.04. The van der Waals surface area contributed by atoms with Crippen LogP contribution in [0.3, 0.4) is 0 Å². The molecule has 1 rings (SSSR count). The molecule has 16 heavy (non-hydrogen) atoms. The maximum atomic E-state index is 6.09. The van der Waals surface area contributed by atoms with Crippen LogP contribution in [0, 0.1) is 6.92 Å². The van der Waals surface area contributed by atoms with Gasteiger partial charge in [0, 0.05) is 11.1 Å². The van der Waals surface area contributed by atoms with Crippen molar-refractivity contribution in [2.75, 3.05) is 0 Å². The van der Waals surface area contributed by atoms with Gasteiger partial charge in [0.15, 0.2) is 0 Å². The Morgan fingerprint density at radius 3 is 2.75 bits per heavy atom. The van der Waals surface area contributed by atoms with Crippen LogP contribution in [0.1, 0.15) is 36.9 Å². The van der Waals surface area contributed by atoms with Crippen LogP contribution in [-0.2, 0) is 0 Å². The smallest absolute Gasteiger partial charge is 0.0497 e. The first-order valence-corrected chi connectivity index (χ1v) is 5.85. The van der Waals surface area contributed by atoms with Gasteiger partial charge in [0.05, 0.1) is 0 Å². The van der Waals surface area contributed by atoms with Gasteiger partial charge < -0.3 is 0 Å². The van der Waals surface area contributed by atoms with Crippen LogP contribution in [0.15, 0.2) is 30.4 Å². The van der Waals surface area contributed by atoms with Crippen LogP contribution in [-0.4, -0.2) is 0 Å². The number of nitrogens with one attached hydrogen (secondary N) is 1. The minimum Gasteiger partial charge on any atom is -0.271 e. The zero-order valence-electron chi connectivity index (χ0n) is 9.89. The van der Waals surface area contributed by atoms with Crippen molar-refractivity contribution in [3.05, 3.63) is 46.5 Å². The van der Waals surface area contributed by atoms with Gasteiger partial charge in [0.25, 0.3) is 0 Å². The van der Waals surface area contributed by atoms with Crippen molar-refractivity contribution in [2.24, 2.45) is 5.84 Å². The van der Waals surface area contributed by atoms with Gasteiger partial charge in [-0.1, -0.05) is 42.8 Å². The Bertz CT molecular complexity index is 374. The molecule has 0 saturated carbocycles. The molecule has 88 valence electrons. The number of nitrogens with two attached hydrogens (primary N) is 1. The Morgan fingerprint density at radius 1 is 1.56 bits per heavy atom. The topological polar surface area (TPSA) is 38.0 Å². The van der Waals surface area contributed by atoms with E-state index in [4.69, 9.17) is 17.4 Å². The van der Waals surface area contributed by atoms with Gasteiger partial charge in [0.1, 0.15) is 0 Å². The molecule has 1 aromatic carbocycles. The van der Waals surface area contributed by atoms with E-state index >= 15 is 0 Å². The molecule has 0 amide bonds. The molecule has 0 radical (unpaired) electrons. The molecule has 0 fully saturated rings. The molecular formula is C13H19ClN2. The summed E-state index contributed by atoms with van der Waals surface area (Å²) in [5.41, 5.74) is 6.17. The Labute approximate surface area is 102 Å². The summed E-state index contributed by atoms with van der Waals surface area (Å²) in [6.45, 7) is 8.08. The molecule has 2 nitrogen and oxygen atoms in total. The summed E-state index contributed by atoms with van der Waals surface area (Å²) in [5, 5.41) is 0.778. The summed E-state index contributed by atoms with van der Waals surface area (Å²) >= 11 is 6.09. The molecule has 0 aliphatic heterocycles. The number of aryl methyl sites for hydroxylation is 1. The standard InChI is InChI=1S/C13H19ClN2/c1-4-9(2)7-13(16-15)11-6-5-10(3)12(14)8-11/h5-6,8,13,16H,2,4,7,15H2,1,3H3. The van der Waals surface area contributed by atoms with Crippen LogP contribution >= 0.6 is 11.6 Å². The molecule has 3 heteroatoms. The largest absolute Gasteiger partial charge is 0.271 e. The summed E-state index contributed by atoms with van der Waals surface area (Å²) in [6.07, 6.45) is 1.81. The molecule has 0 heterocycles. The molecule has 0 aliphatic carbocycles. The summed E-state index contributed by atoms with van der Waals surface area (Å²) in [6, 6.07) is 6.11. The Hall–Kier alpha value is -0.830. The van der Waals surface area contributed by atoms with Crippen molar-refractivity contribution in [2.45, 2.75) is 32.7 Å². The van der Waals surface area contributed by atoms with Gasteiger partial charge >= 0.3 is 0 Å². The highest BCUT2D eigenvalue weighted by atomic mass is 35.5.